The summed E-state index contributed by atoms with van der Waals surface area (Å²) in [5, 5.41) is 5.26. The van der Waals surface area contributed by atoms with Crippen molar-refractivity contribution in [1.82, 2.24) is 10.2 Å². The summed E-state index contributed by atoms with van der Waals surface area (Å²) >= 11 is 3.37. The van der Waals surface area contributed by atoms with Gasteiger partial charge >= 0.3 is 6.03 Å². The minimum absolute atomic E-state index is 0.315. The normalized spacial score (nSPS) is 19.9. The van der Waals surface area contributed by atoms with Gasteiger partial charge in [0.15, 0.2) is 5.54 Å². The predicted molar refractivity (Wildman–Crippen MR) is 93.8 cm³/mol. The molecule has 0 aliphatic carbocycles. The average Bonchev–Trinajstić information content (AvgIpc) is 3.15. The van der Waals surface area contributed by atoms with Crippen LogP contribution in [0.15, 0.2) is 45.5 Å². The molecule has 1 aromatic carbocycles. The molecule has 2 N–H and O–H groups in total. The maximum absolute atomic E-state index is 12.6. The van der Waals surface area contributed by atoms with Crippen molar-refractivity contribution in [3.63, 3.8) is 0 Å². The number of carbonyl (C=O) groups excluding carboxylic acids is 3. The molecule has 1 aliphatic rings. The molecular formula is C17H16BrN3O4. The number of amides is 4. The van der Waals surface area contributed by atoms with Crippen LogP contribution in [0.2, 0.25) is 0 Å². The fraction of sp³-hybridized carbons (Fsp3) is 0.235. The summed E-state index contributed by atoms with van der Waals surface area (Å²) in [7, 11) is 0. The van der Waals surface area contributed by atoms with E-state index < -0.39 is 23.4 Å². The highest BCUT2D eigenvalue weighted by atomic mass is 79.9. The Morgan fingerprint density at radius 2 is 2.12 bits per heavy atom. The van der Waals surface area contributed by atoms with Gasteiger partial charge in [-0.3, -0.25) is 14.5 Å². The summed E-state index contributed by atoms with van der Waals surface area (Å²) < 4.78 is 5.97. The third kappa shape index (κ3) is 3.17. The Kier molecular flexibility index (Phi) is 4.38. The Morgan fingerprint density at radius 1 is 1.36 bits per heavy atom. The van der Waals surface area contributed by atoms with Gasteiger partial charge in [0, 0.05) is 4.47 Å². The molecule has 2 heterocycles. The van der Waals surface area contributed by atoms with E-state index in [1.165, 1.54) is 6.26 Å². The Hall–Kier alpha value is -2.61. The van der Waals surface area contributed by atoms with Gasteiger partial charge in [0.05, 0.1) is 12.0 Å². The Labute approximate surface area is 152 Å². The van der Waals surface area contributed by atoms with E-state index >= 15 is 0 Å². The van der Waals surface area contributed by atoms with Crippen molar-refractivity contribution < 1.29 is 18.8 Å². The second-order valence-electron chi connectivity index (χ2n) is 5.96. The molecule has 1 aliphatic heterocycles. The van der Waals surface area contributed by atoms with Crippen LogP contribution in [0.4, 0.5) is 10.5 Å². The summed E-state index contributed by atoms with van der Waals surface area (Å²) in [6.07, 6.45) is 1.42. The van der Waals surface area contributed by atoms with E-state index in [2.05, 4.69) is 26.6 Å². The van der Waals surface area contributed by atoms with E-state index in [4.69, 9.17) is 4.42 Å². The summed E-state index contributed by atoms with van der Waals surface area (Å²) in [5.41, 5.74) is 0.287. The Bertz CT molecular complexity index is 850. The van der Waals surface area contributed by atoms with Crippen LogP contribution >= 0.6 is 15.9 Å². The molecule has 4 amide bonds. The second-order valence-corrected chi connectivity index (χ2v) is 6.81. The highest BCUT2D eigenvalue weighted by Crippen LogP contribution is 2.29. The molecule has 130 valence electrons. The monoisotopic (exact) mass is 405 g/mol. The van der Waals surface area contributed by atoms with E-state index in [1.807, 2.05) is 19.1 Å². The molecular weight excluding hydrogens is 390 g/mol. The molecule has 0 bridgehead atoms. The van der Waals surface area contributed by atoms with Crippen LogP contribution in [-0.2, 0) is 15.1 Å². The van der Waals surface area contributed by atoms with Gasteiger partial charge in [-0.1, -0.05) is 6.07 Å². The highest BCUT2D eigenvalue weighted by Gasteiger charge is 2.51. The van der Waals surface area contributed by atoms with E-state index in [0.717, 1.165) is 14.9 Å². The van der Waals surface area contributed by atoms with E-state index in [0.29, 0.717) is 11.4 Å². The number of aryl methyl sites for hydroxylation is 1. The standard InChI is InChI=1S/C17H16BrN3O4/c1-10-5-6-12(11(18)8-10)19-14(22)9-21-15(23)17(2,20-16(21)24)13-4-3-7-25-13/h3-8H,9H2,1-2H3,(H,19,22)(H,20,24). The molecule has 1 unspecified atom stereocenters. The van der Waals surface area contributed by atoms with Crippen molar-refractivity contribution in [2.45, 2.75) is 19.4 Å². The molecule has 0 radical (unpaired) electrons. The van der Waals surface area contributed by atoms with Crippen molar-refractivity contribution in [3.8, 4) is 0 Å². The van der Waals surface area contributed by atoms with Crippen LogP contribution in [0, 0.1) is 6.92 Å². The predicted octanol–water partition coefficient (Wildman–Crippen LogP) is 2.76. The fourth-order valence-electron chi connectivity index (χ4n) is 2.63. The lowest BCUT2D eigenvalue weighted by molar-refractivity contribution is -0.134. The smallest absolute Gasteiger partial charge is 0.325 e. The maximum Gasteiger partial charge on any atom is 0.325 e. The molecule has 0 spiro atoms. The molecule has 7 nitrogen and oxygen atoms in total. The number of nitrogens with one attached hydrogen (secondary N) is 2. The SMILES string of the molecule is Cc1ccc(NC(=O)CN2C(=O)NC(C)(c3ccco3)C2=O)c(Br)c1. The van der Waals surface area contributed by atoms with Gasteiger partial charge in [0.25, 0.3) is 5.91 Å². The summed E-state index contributed by atoms with van der Waals surface area (Å²) in [6, 6.07) is 8.05. The van der Waals surface area contributed by atoms with Crippen molar-refractivity contribution in [2.75, 3.05) is 11.9 Å². The van der Waals surface area contributed by atoms with Crippen LogP contribution in [-0.4, -0.2) is 29.3 Å². The number of anilines is 1. The van der Waals surface area contributed by atoms with Gasteiger partial charge in [-0.15, -0.1) is 0 Å². The minimum atomic E-state index is -1.31. The molecule has 8 heteroatoms. The second kappa shape index (κ2) is 6.36. The van der Waals surface area contributed by atoms with Crippen LogP contribution in [0.5, 0.6) is 0 Å². The van der Waals surface area contributed by atoms with Gasteiger partial charge in [0.2, 0.25) is 5.91 Å². The Balaban J connectivity index is 1.73. The molecule has 1 atom stereocenters. The topological polar surface area (TPSA) is 91.7 Å². The van der Waals surface area contributed by atoms with Gasteiger partial charge in [0.1, 0.15) is 12.3 Å². The van der Waals surface area contributed by atoms with Crippen molar-refractivity contribution >= 4 is 39.5 Å². The largest absolute Gasteiger partial charge is 0.466 e. The maximum atomic E-state index is 12.6. The molecule has 25 heavy (non-hydrogen) atoms. The molecule has 1 fully saturated rings. The minimum Gasteiger partial charge on any atom is -0.466 e. The van der Waals surface area contributed by atoms with E-state index in [-0.39, 0.29) is 6.54 Å². The lowest BCUT2D eigenvalue weighted by atomic mass is 9.99. The van der Waals surface area contributed by atoms with Crippen LogP contribution in [0.3, 0.4) is 0 Å². The van der Waals surface area contributed by atoms with Crippen LogP contribution in [0.25, 0.3) is 0 Å². The number of hydrogen-bond acceptors (Lipinski definition) is 4. The molecule has 1 aromatic heterocycles. The summed E-state index contributed by atoms with van der Waals surface area (Å²) in [5.74, 6) is -0.697. The first-order valence-corrected chi connectivity index (χ1v) is 8.34. The molecule has 0 saturated carbocycles. The number of hydrogen-bond donors (Lipinski definition) is 2. The van der Waals surface area contributed by atoms with Crippen LogP contribution in [0.1, 0.15) is 18.2 Å². The third-order valence-electron chi connectivity index (χ3n) is 3.99. The number of furan rings is 1. The average molecular weight is 406 g/mol. The van der Waals surface area contributed by atoms with Crippen molar-refractivity contribution in [3.05, 3.63) is 52.4 Å². The van der Waals surface area contributed by atoms with E-state index in [1.54, 1.807) is 25.1 Å². The number of carbonyl (C=O) groups is 3. The number of benzene rings is 1. The summed E-state index contributed by atoms with van der Waals surface area (Å²) in [6.45, 7) is 3.08. The van der Waals surface area contributed by atoms with Crippen molar-refractivity contribution in [1.29, 1.82) is 0 Å². The third-order valence-corrected chi connectivity index (χ3v) is 4.65. The zero-order chi connectivity index (χ0) is 18.2. The fourth-order valence-corrected chi connectivity index (χ4v) is 3.22. The number of rotatable bonds is 4. The lowest BCUT2D eigenvalue weighted by Gasteiger charge is -2.19. The number of urea groups is 1. The van der Waals surface area contributed by atoms with Gasteiger partial charge < -0.3 is 15.1 Å². The first kappa shape index (κ1) is 17.2. The number of imide groups is 1. The number of halogens is 1. The van der Waals surface area contributed by atoms with E-state index in [9.17, 15) is 14.4 Å². The molecule has 3 rings (SSSR count). The summed E-state index contributed by atoms with van der Waals surface area (Å²) in [4.78, 5) is 37.9. The zero-order valence-electron chi connectivity index (χ0n) is 13.6. The molecule has 2 aromatic rings. The molecule has 1 saturated heterocycles. The van der Waals surface area contributed by atoms with Gasteiger partial charge in [-0.2, -0.15) is 0 Å². The van der Waals surface area contributed by atoms with Gasteiger partial charge in [-0.05, 0) is 59.6 Å². The Morgan fingerprint density at radius 3 is 2.76 bits per heavy atom. The zero-order valence-corrected chi connectivity index (χ0v) is 15.2. The number of nitrogens with zero attached hydrogens (tertiary/aromatic N) is 1. The van der Waals surface area contributed by atoms with Crippen molar-refractivity contribution in [2.24, 2.45) is 0 Å². The lowest BCUT2D eigenvalue weighted by Crippen LogP contribution is -2.41. The first-order chi connectivity index (χ1) is 11.8. The quantitative estimate of drug-likeness (QED) is 0.764. The first-order valence-electron chi connectivity index (χ1n) is 7.55. The van der Waals surface area contributed by atoms with Gasteiger partial charge in [-0.25, -0.2) is 4.79 Å². The highest BCUT2D eigenvalue weighted by molar-refractivity contribution is 9.10. The van der Waals surface area contributed by atoms with Crippen LogP contribution < -0.4 is 10.6 Å².